The van der Waals surface area contributed by atoms with Crippen molar-refractivity contribution in [2.75, 3.05) is 0 Å². The van der Waals surface area contributed by atoms with Crippen molar-refractivity contribution in [3.8, 4) is 73.6 Å². The van der Waals surface area contributed by atoms with Gasteiger partial charge in [-0.3, -0.25) is 0 Å². The molecule has 294 valence electrons. The Morgan fingerprint density at radius 3 is 1.51 bits per heavy atom. The summed E-state index contributed by atoms with van der Waals surface area (Å²) in [5, 5.41) is 2.50. The van der Waals surface area contributed by atoms with Crippen LogP contribution in [0.1, 0.15) is 22.3 Å². The van der Waals surface area contributed by atoms with Crippen LogP contribution in [0.5, 0.6) is 11.5 Å². The summed E-state index contributed by atoms with van der Waals surface area (Å²) in [4.78, 5) is 15.6. The van der Waals surface area contributed by atoms with E-state index in [1.54, 1.807) is 0 Å². The van der Waals surface area contributed by atoms with E-state index in [1.165, 1.54) is 44.1 Å². The Bertz CT molecular complexity index is 3510. The number of rotatable bonds is 5. The van der Waals surface area contributed by atoms with Crippen LogP contribution in [-0.2, 0) is 5.41 Å². The third kappa shape index (κ3) is 5.33. The van der Waals surface area contributed by atoms with Gasteiger partial charge >= 0.3 is 0 Å². The zero-order chi connectivity index (χ0) is 41.5. The summed E-state index contributed by atoms with van der Waals surface area (Å²) in [5.74, 6) is 3.49. The van der Waals surface area contributed by atoms with E-state index < -0.39 is 5.41 Å². The predicted molar refractivity (Wildman–Crippen MR) is 253 cm³/mol. The molecule has 11 aromatic rings. The van der Waals surface area contributed by atoms with Crippen LogP contribution >= 0.6 is 0 Å². The fourth-order valence-corrected chi connectivity index (χ4v) is 10.2. The number of aromatic nitrogens is 4. The molecule has 5 heteroatoms. The number of hydrogen-bond donors (Lipinski definition) is 0. The van der Waals surface area contributed by atoms with Crippen LogP contribution in [0.2, 0.25) is 0 Å². The topological polar surface area (TPSA) is 52.8 Å². The molecule has 1 spiro atoms. The zero-order valence-electron chi connectivity index (χ0n) is 34.0. The fraction of sp³-hybridized carbons (Fsp3) is 0.0172. The maximum absolute atomic E-state index is 6.74. The third-order valence-electron chi connectivity index (χ3n) is 12.9. The molecule has 0 saturated heterocycles. The van der Waals surface area contributed by atoms with Crippen LogP contribution in [0.3, 0.4) is 0 Å². The Morgan fingerprint density at radius 2 is 0.825 bits per heavy atom. The molecular weight excluding hydrogens is 769 g/mol. The monoisotopic (exact) mass is 804 g/mol. The first kappa shape index (κ1) is 35.4. The SMILES string of the molecule is c1ccc(-c2nc(-c3cccc(-c4ccc(-n5c6ccccc6c6ccccc65)cc4)c3)nc(-c3ccc4c(c3)C3(c5ccccc5O4)c4ccccc4-c4ccccc43)n2)cc1. The van der Waals surface area contributed by atoms with Gasteiger partial charge in [-0.25, -0.2) is 15.0 Å². The van der Waals surface area contributed by atoms with Gasteiger partial charge in [-0.05, 0) is 88.0 Å². The molecule has 0 bridgehead atoms. The second kappa shape index (κ2) is 13.8. The normalized spacial score (nSPS) is 13.0. The van der Waals surface area contributed by atoms with Crippen molar-refractivity contribution < 1.29 is 4.74 Å². The van der Waals surface area contributed by atoms with E-state index in [-0.39, 0.29) is 0 Å². The van der Waals surface area contributed by atoms with Crippen LogP contribution < -0.4 is 4.74 Å². The molecule has 13 rings (SSSR count). The van der Waals surface area contributed by atoms with Crippen molar-refractivity contribution in [3.63, 3.8) is 0 Å². The van der Waals surface area contributed by atoms with E-state index in [1.807, 2.05) is 24.3 Å². The van der Waals surface area contributed by atoms with Gasteiger partial charge in [0, 0.05) is 44.3 Å². The zero-order valence-corrected chi connectivity index (χ0v) is 34.0. The predicted octanol–water partition coefficient (Wildman–Crippen LogP) is 14.1. The van der Waals surface area contributed by atoms with Crippen LogP contribution in [-0.4, -0.2) is 19.5 Å². The standard InChI is InChI=1S/C58H36N4O/c1-2-15-38(16-3-1)55-59-56(40-18-14-17-39(35-40)37-29-32-42(33-30-37)62-51-26-11-6-21-45(51)46-22-7-12-27-52(46)62)61-57(60-55)41-31-34-54-50(36-41)58(49-25-10-13-28-53(49)63-54)47-23-8-4-19-43(47)44-20-5-9-24-48(44)58/h1-36H. The molecule has 2 aromatic heterocycles. The second-order valence-corrected chi connectivity index (χ2v) is 16.3. The number of fused-ring (bicyclic) bond motifs is 12. The smallest absolute Gasteiger partial charge is 0.164 e. The van der Waals surface area contributed by atoms with Crippen molar-refractivity contribution in [1.29, 1.82) is 0 Å². The van der Waals surface area contributed by atoms with Gasteiger partial charge < -0.3 is 9.30 Å². The fourth-order valence-electron chi connectivity index (χ4n) is 10.2. The first-order chi connectivity index (χ1) is 31.2. The Balaban J connectivity index is 0.944. The highest BCUT2D eigenvalue weighted by molar-refractivity contribution is 6.09. The van der Waals surface area contributed by atoms with Gasteiger partial charge in [0.2, 0.25) is 0 Å². The van der Waals surface area contributed by atoms with Gasteiger partial charge in [0.15, 0.2) is 17.5 Å². The van der Waals surface area contributed by atoms with Gasteiger partial charge in [-0.15, -0.1) is 0 Å². The lowest BCUT2D eigenvalue weighted by Gasteiger charge is -2.39. The summed E-state index contributed by atoms with van der Waals surface area (Å²) in [6, 6.07) is 77.2. The van der Waals surface area contributed by atoms with E-state index >= 15 is 0 Å². The van der Waals surface area contributed by atoms with Crippen molar-refractivity contribution in [1.82, 2.24) is 19.5 Å². The minimum atomic E-state index is -0.600. The summed E-state index contributed by atoms with van der Waals surface area (Å²) in [6.07, 6.45) is 0. The Morgan fingerprint density at radius 1 is 0.333 bits per heavy atom. The van der Waals surface area contributed by atoms with Crippen LogP contribution in [0.15, 0.2) is 218 Å². The van der Waals surface area contributed by atoms with Crippen molar-refractivity contribution in [3.05, 3.63) is 241 Å². The molecule has 1 aliphatic carbocycles. The highest BCUT2D eigenvalue weighted by atomic mass is 16.5. The summed E-state index contributed by atoms with van der Waals surface area (Å²) >= 11 is 0. The second-order valence-electron chi connectivity index (χ2n) is 16.3. The average Bonchev–Trinajstić information content (AvgIpc) is 3.85. The molecule has 0 fully saturated rings. The number of para-hydroxylation sites is 3. The minimum Gasteiger partial charge on any atom is -0.457 e. The molecule has 0 unspecified atom stereocenters. The molecule has 5 nitrogen and oxygen atoms in total. The van der Waals surface area contributed by atoms with Crippen molar-refractivity contribution in [2.24, 2.45) is 0 Å². The number of ether oxygens (including phenoxy) is 1. The minimum absolute atomic E-state index is 0.594. The van der Waals surface area contributed by atoms with Gasteiger partial charge in [0.25, 0.3) is 0 Å². The maximum atomic E-state index is 6.74. The summed E-state index contributed by atoms with van der Waals surface area (Å²) in [7, 11) is 0. The molecule has 0 atom stereocenters. The molecule has 9 aromatic carbocycles. The lowest BCUT2D eigenvalue weighted by atomic mass is 9.66. The van der Waals surface area contributed by atoms with Crippen molar-refractivity contribution in [2.45, 2.75) is 5.41 Å². The molecule has 0 amide bonds. The van der Waals surface area contributed by atoms with Gasteiger partial charge in [0.05, 0.1) is 16.4 Å². The van der Waals surface area contributed by atoms with Crippen LogP contribution in [0.25, 0.3) is 83.9 Å². The van der Waals surface area contributed by atoms with E-state index in [9.17, 15) is 0 Å². The van der Waals surface area contributed by atoms with Crippen LogP contribution in [0.4, 0.5) is 0 Å². The molecule has 63 heavy (non-hydrogen) atoms. The molecule has 3 heterocycles. The molecule has 0 radical (unpaired) electrons. The summed E-state index contributed by atoms with van der Waals surface area (Å²) in [5.41, 5.74) is 14.9. The molecular formula is C58H36N4O. The highest BCUT2D eigenvalue weighted by Gasteiger charge is 2.51. The first-order valence-electron chi connectivity index (χ1n) is 21.3. The number of hydrogen-bond acceptors (Lipinski definition) is 4. The quantitative estimate of drug-likeness (QED) is 0.174. The molecule has 0 saturated carbocycles. The summed E-state index contributed by atoms with van der Waals surface area (Å²) < 4.78 is 9.09. The molecule has 1 aliphatic heterocycles. The molecule has 2 aliphatic rings. The Kier molecular flexibility index (Phi) is 7.75. The van der Waals surface area contributed by atoms with Gasteiger partial charge in [-0.1, -0.05) is 164 Å². The van der Waals surface area contributed by atoms with E-state index in [0.717, 1.165) is 56.1 Å². The maximum Gasteiger partial charge on any atom is 0.164 e. The average molecular weight is 805 g/mol. The lowest BCUT2D eigenvalue weighted by molar-refractivity contribution is 0.436. The van der Waals surface area contributed by atoms with Gasteiger partial charge in [-0.2, -0.15) is 0 Å². The van der Waals surface area contributed by atoms with E-state index in [4.69, 9.17) is 19.7 Å². The highest BCUT2D eigenvalue weighted by Crippen LogP contribution is 2.62. The molecule has 0 N–H and O–H groups in total. The van der Waals surface area contributed by atoms with Crippen molar-refractivity contribution >= 4 is 21.8 Å². The summed E-state index contributed by atoms with van der Waals surface area (Å²) in [6.45, 7) is 0. The lowest BCUT2D eigenvalue weighted by Crippen LogP contribution is -2.32. The third-order valence-corrected chi connectivity index (χ3v) is 12.9. The largest absolute Gasteiger partial charge is 0.457 e. The van der Waals surface area contributed by atoms with Crippen LogP contribution in [0, 0.1) is 0 Å². The Hall–Kier alpha value is -8.41. The van der Waals surface area contributed by atoms with E-state index in [0.29, 0.717) is 17.5 Å². The number of nitrogens with zero attached hydrogens (tertiary/aromatic N) is 4. The number of benzene rings is 9. The van der Waals surface area contributed by atoms with E-state index in [2.05, 4.69) is 199 Å². The van der Waals surface area contributed by atoms with Gasteiger partial charge in [0.1, 0.15) is 11.5 Å². The Labute approximate surface area is 364 Å². The first-order valence-corrected chi connectivity index (χ1v) is 21.3.